The van der Waals surface area contributed by atoms with Gasteiger partial charge in [0.1, 0.15) is 0 Å². The number of aromatic hydroxyl groups is 2. The third kappa shape index (κ3) is 3.96. The SMILES string of the molecule is O=C(CN1CCCCCCC1)c1ccc(O)c(O)c1. The van der Waals surface area contributed by atoms with Crippen LogP contribution in [0.3, 0.4) is 0 Å². The second-order valence-corrected chi connectivity index (χ2v) is 5.17. The van der Waals surface area contributed by atoms with E-state index in [9.17, 15) is 15.0 Å². The zero-order chi connectivity index (χ0) is 13.7. The Morgan fingerprint density at radius 3 is 2.26 bits per heavy atom. The number of carbonyl (C=O) groups is 1. The lowest BCUT2D eigenvalue weighted by atomic mass is 10.1. The molecule has 0 saturated carbocycles. The summed E-state index contributed by atoms with van der Waals surface area (Å²) >= 11 is 0. The summed E-state index contributed by atoms with van der Waals surface area (Å²) in [4.78, 5) is 14.3. The van der Waals surface area contributed by atoms with Gasteiger partial charge in [0, 0.05) is 5.56 Å². The van der Waals surface area contributed by atoms with E-state index in [4.69, 9.17) is 0 Å². The molecule has 1 aromatic carbocycles. The first-order valence-corrected chi connectivity index (χ1v) is 6.94. The molecule has 0 bridgehead atoms. The Hall–Kier alpha value is -1.55. The van der Waals surface area contributed by atoms with Crippen molar-refractivity contribution in [3.8, 4) is 11.5 Å². The van der Waals surface area contributed by atoms with Gasteiger partial charge in [-0.05, 0) is 44.1 Å². The molecule has 1 aliphatic rings. The maximum absolute atomic E-state index is 12.1. The Bertz CT molecular complexity index is 437. The van der Waals surface area contributed by atoms with Crippen LogP contribution in [0, 0.1) is 0 Å². The summed E-state index contributed by atoms with van der Waals surface area (Å²) in [6.07, 6.45) is 6.07. The lowest BCUT2D eigenvalue weighted by Gasteiger charge is -2.23. The number of carbonyl (C=O) groups excluding carboxylic acids is 1. The zero-order valence-corrected chi connectivity index (χ0v) is 11.1. The van der Waals surface area contributed by atoms with Gasteiger partial charge >= 0.3 is 0 Å². The molecule has 2 N–H and O–H groups in total. The van der Waals surface area contributed by atoms with Crippen LogP contribution in [0.5, 0.6) is 11.5 Å². The third-order valence-corrected chi connectivity index (χ3v) is 3.61. The van der Waals surface area contributed by atoms with Crippen LogP contribution in [0.15, 0.2) is 18.2 Å². The Morgan fingerprint density at radius 1 is 1.00 bits per heavy atom. The monoisotopic (exact) mass is 263 g/mol. The predicted octanol–water partition coefficient (Wildman–Crippen LogP) is 2.55. The van der Waals surface area contributed by atoms with Crippen LogP contribution in [0.1, 0.15) is 42.5 Å². The molecule has 1 saturated heterocycles. The van der Waals surface area contributed by atoms with Crippen LogP contribution in [-0.2, 0) is 0 Å². The maximum Gasteiger partial charge on any atom is 0.176 e. The van der Waals surface area contributed by atoms with E-state index >= 15 is 0 Å². The average molecular weight is 263 g/mol. The fourth-order valence-electron chi connectivity index (χ4n) is 2.46. The molecule has 0 aliphatic carbocycles. The van der Waals surface area contributed by atoms with Gasteiger partial charge in [-0.2, -0.15) is 0 Å². The summed E-state index contributed by atoms with van der Waals surface area (Å²) in [5, 5.41) is 18.7. The van der Waals surface area contributed by atoms with Crippen molar-refractivity contribution < 1.29 is 15.0 Å². The Morgan fingerprint density at radius 2 is 1.63 bits per heavy atom. The first kappa shape index (κ1) is 13.9. The number of phenols is 2. The smallest absolute Gasteiger partial charge is 0.176 e. The van der Waals surface area contributed by atoms with Gasteiger partial charge in [-0.15, -0.1) is 0 Å². The number of Topliss-reactive ketones (excluding diaryl/α,β-unsaturated/α-hetero) is 1. The molecule has 4 heteroatoms. The van der Waals surface area contributed by atoms with E-state index in [1.807, 2.05) is 0 Å². The van der Waals surface area contributed by atoms with Gasteiger partial charge in [-0.3, -0.25) is 9.69 Å². The van der Waals surface area contributed by atoms with Gasteiger partial charge in [-0.25, -0.2) is 0 Å². The summed E-state index contributed by atoms with van der Waals surface area (Å²) in [7, 11) is 0. The molecule has 1 heterocycles. The van der Waals surface area contributed by atoms with Gasteiger partial charge in [0.25, 0.3) is 0 Å². The first-order valence-electron chi connectivity index (χ1n) is 6.94. The lowest BCUT2D eigenvalue weighted by Crippen LogP contribution is -2.32. The summed E-state index contributed by atoms with van der Waals surface area (Å²) in [5.41, 5.74) is 0.456. The van der Waals surface area contributed by atoms with Crippen molar-refractivity contribution in [2.75, 3.05) is 19.6 Å². The van der Waals surface area contributed by atoms with Crippen LogP contribution < -0.4 is 0 Å². The highest BCUT2D eigenvalue weighted by atomic mass is 16.3. The van der Waals surface area contributed by atoms with Gasteiger partial charge < -0.3 is 10.2 Å². The Balaban J connectivity index is 1.96. The molecule has 1 fully saturated rings. The summed E-state index contributed by atoms with van der Waals surface area (Å²) in [6.45, 7) is 2.33. The first-order chi connectivity index (χ1) is 9.16. The number of ketones is 1. The molecule has 0 aromatic heterocycles. The molecule has 104 valence electrons. The van der Waals surface area contributed by atoms with E-state index in [1.54, 1.807) is 6.07 Å². The third-order valence-electron chi connectivity index (χ3n) is 3.61. The summed E-state index contributed by atoms with van der Waals surface area (Å²) in [5.74, 6) is -0.433. The van der Waals surface area contributed by atoms with Crippen molar-refractivity contribution in [1.29, 1.82) is 0 Å². The molecule has 0 unspecified atom stereocenters. The van der Waals surface area contributed by atoms with Crippen molar-refractivity contribution in [1.82, 2.24) is 4.90 Å². The molecule has 19 heavy (non-hydrogen) atoms. The van der Waals surface area contributed by atoms with E-state index in [1.165, 1.54) is 31.4 Å². The quantitative estimate of drug-likeness (QED) is 0.650. The van der Waals surface area contributed by atoms with E-state index < -0.39 is 0 Å². The topological polar surface area (TPSA) is 60.8 Å². The maximum atomic E-state index is 12.1. The standard InChI is InChI=1S/C15H21NO3/c17-13-7-6-12(10-14(13)18)15(19)11-16-8-4-2-1-3-5-9-16/h6-7,10,17-18H,1-5,8-9,11H2. The van der Waals surface area contributed by atoms with Crippen molar-refractivity contribution in [2.24, 2.45) is 0 Å². The van der Waals surface area contributed by atoms with Gasteiger partial charge in [-0.1, -0.05) is 19.3 Å². The van der Waals surface area contributed by atoms with Gasteiger partial charge in [0.05, 0.1) is 6.54 Å². The highest BCUT2D eigenvalue weighted by Gasteiger charge is 2.14. The van der Waals surface area contributed by atoms with Crippen molar-refractivity contribution in [3.05, 3.63) is 23.8 Å². The second kappa shape index (κ2) is 6.57. The normalized spacial score (nSPS) is 17.7. The van der Waals surface area contributed by atoms with Gasteiger partial charge in [0.15, 0.2) is 17.3 Å². The van der Waals surface area contributed by atoms with Crippen LogP contribution in [0.4, 0.5) is 0 Å². The van der Waals surface area contributed by atoms with Crippen molar-refractivity contribution in [2.45, 2.75) is 32.1 Å². The lowest BCUT2D eigenvalue weighted by molar-refractivity contribution is 0.0924. The van der Waals surface area contributed by atoms with Crippen LogP contribution >= 0.6 is 0 Å². The minimum absolute atomic E-state index is 0.00382. The number of hydrogen-bond donors (Lipinski definition) is 2. The Labute approximate surface area is 113 Å². The molecular weight excluding hydrogens is 242 g/mol. The number of likely N-dealkylation sites (tertiary alicyclic amines) is 1. The number of hydrogen-bond acceptors (Lipinski definition) is 4. The number of phenolic OH excluding ortho intramolecular Hbond substituents is 2. The zero-order valence-electron chi connectivity index (χ0n) is 11.1. The molecule has 1 aromatic rings. The fourth-order valence-corrected chi connectivity index (χ4v) is 2.46. The minimum atomic E-state index is -0.237. The largest absolute Gasteiger partial charge is 0.504 e. The second-order valence-electron chi connectivity index (χ2n) is 5.17. The minimum Gasteiger partial charge on any atom is -0.504 e. The van der Waals surface area contributed by atoms with E-state index in [0.717, 1.165) is 25.9 Å². The molecule has 0 amide bonds. The number of benzene rings is 1. The highest BCUT2D eigenvalue weighted by molar-refractivity contribution is 5.98. The number of rotatable bonds is 3. The van der Waals surface area contributed by atoms with E-state index in [-0.39, 0.29) is 17.3 Å². The Kier molecular flexibility index (Phi) is 4.80. The summed E-state index contributed by atoms with van der Waals surface area (Å²) in [6, 6.07) is 4.25. The molecule has 0 spiro atoms. The number of nitrogens with zero attached hydrogens (tertiary/aromatic N) is 1. The highest BCUT2D eigenvalue weighted by Crippen LogP contribution is 2.25. The predicted molar refractivity (Wildman–Crippen MR) is 73.6 cm³/mol. The van der Waals surface area contributed by atoms with Crippen LogP contribution in [0.2, 0.25) is 0 Å². The van der Waals surface area contributed by atoms with Crippen LogP contribution in [0.25, 0.3) is 0 Å². The molecule has 1 aliphatic heterocycles. The molecule has 4 nitrogen and oxygen atoms in total. The van der Waals surface area contributed by atoms with Crippen LogP contribution in [-0.4, -0.2) is 40.5 Å². The average Bonchev–Trinajstić information content (AvgIpc) is 2.35. The van der Waals surface area contributed by atoms with Crippen molar-refractivity contribution >= 4 is 5.78 Å². The van der Waals surface area contributed by atoms with E-state index in [0.29, 0.717) is 12.1 Å². The molecule has 0 radical (unpaired) electrons. The van der Waals surface area contributed by atoms with Crippen molar-refractivity contribution in [3.63, 3.8) is 0 Å². The van der Waals surface area contributed by atoms with E-state index in [2.05, 4.69) is 4.90 Å². The molecule has 2 rings (SSSR count). The summed E-state index contributed by atoms with van der Waals surface area (Å²) < 4.78 is 0. The van der Waals surface area contributed by atoms with Gasteiger partial charge in [0.2, 0.25) is 0 Å². The fraction of sp³-hybridized carbons (Fsp3) is 0.533. The molecule has 0 atom stereocenters. The molecular formula is C15H21NO3.